The Kier molecular flexibility index (Phi) is 4.53. The van der Waals surface area contributed by atoms with Crippen molar-refractivity contribution in [3.8, 4) is 0 Å². The monoisotopic (exact) mass is 273 g/mol. The molecule has 0 saturated heterocycles. The van der Waals surface area contributed by atoms with E-state index in [1.807, 2.05) is 37.0 Å². The standard InChI is InChI=1S/C15H19N3O2/c1-17(2)9-7-14-16-8-10-18(14)11-12-5-3-4-6-13(12)15(19)20/h3-6,8,10H,7,9,11H2,1-2H3,(H,19,20). The maximum Gasteiger partial charge on any atom is 0.336 e. The summed E-state index contributed by atoms with van der Waals surface area (Å²) < 4.78 is 2.01. The van der Waals surface area contributed by atoms with Crippen molar-refractivity contribution in [1.29, 1.82) is 0 Å². The van der Waals surface area contributed by atoms with Crippen molar-refractivity contribution in [3.05, 3.63) is 53.6 Å². The van der Waals surface area contributed by atoms with Crippen molar-refractivity contribution in [1.82, 2.24) is 14.5 Å². The zero-order chi connectivity index (χ0) is 14.5. The number of imidazole rings is 1. The van der Waals surface area contributed by atoms with Crippen molar-refractivity contribution in [3.63, 3.8) is 0 Å². The normalized spacial score (nSPS) is 10.9. The van der Waals surface area contributed by atoms with E-state index in [9.17, 15) is 9.90 Å². The number of hydrogen-bond acceptors (Lipinski definition) is 3. The van der Waals surface area contributed by atoms with Crippen LogP contribution in [0.15, 0.2) is 36.7 Å². The molecule has 2 aromatic rings. The van der Waals surface area contributed by atoms with Crippen LogP contribution in [0.5, 0.6) is 0 Å². The highest BCUT2D eigenvalue weighted by molar-refractivity contribution is 5.89. The quantitative estimate of drug-likeness (QED) is 0.871. The number of aromatic carboxylic acids is 1. The second-order valence-electron chi connectivity index (χ2n) is 4.99. The summed E-state index contributed by atoms with van der Waals surface area (Å²) in [5.41, 5.74) is 1.14. The predicted octanol–water partition coefficient (Wildman–Crippen LogP) is 1.73. The lowest BCUT2D eigenvalue weighted by atomic mass is 10.1. The molecule has 5 nitrogen and oxygen atoms in total. The van der Waals surface area contributed by atoms with E-state index in [4.69, 9.17) is 0 Å². The first-order valence-corrected chi connectivity index (χ1v) is 6.54. The fraction of sp³-hybridized carbons (Fsp3) is 0.333. The highest BCUT2D eigenvalue weighted by atomic mass is 16.4. The number of hydrogen-bond donors (Lipinski definition) is 1. The van der Waals surface area contributed by atoms with Crippen LogP contribution in [0.25, 0.3) is 0 Å². The van der Waals surface area contributed by atoms with Crippen LogP contribution in [-0.4, -0.2) is 46.2 Å². The summed E-state index contributed by atoms with van der Waals surface area (Å²) >= 11 is 0. The van der Waals surface area contributed by atoms with Crippen LogP contribution < -0.4 is 0 Å². The molecule has 1 aromatic heterocycles. The Morgan fingerprint density at radius 1 is 1.35 bits per heavy atom. The van der Waals surface area contributed by atoms with Crippen LogP contribution in [0.1, 0.15) is 21.7 Å². The molecule has 1 aromatic carbocycles. The van der Waals surface area contributed by atoms with E-state index >= 15 is 0 Å². The van der Waals surface area contributed by atoms with E-state index in [1.54, 1.807) is 18.3 Å². The van der Waals surface area contributed by atoms with Crippen LogP contribution >= 0.6 is 0 Å². The van der Waals surface area contributed by atoms with Gasteiger partial charge in [-0.05, 0) is 25.7 Å². The van der Waals surface area contributed by atoms with Crippen LogP contribution in [-0.2, 0) is 13.0 Å². The summed E-state index contributed by atoms with van der Waals surface area (Å²) in [4.78, 5) is 17.7. The lowest BCUT2D eigenvalue weighted by molar-refractivity contribution is 0.0695. The number of carbonyl (C=O) groups is 1. The van der Waals surface area contributed by atoms with Gasteiger partial charge in [-0.25, -0.2) is 9.78 Å². The van der Waals surface area contributed by atoms with Gasteiger partial charge in [0.2, 0.25) is 0 Å². The Hall–Kier alpha value is -2.14. The molecular weight excluding hydrogens is 254 g/mol. The summed E-state index contributed by atoms with van der Waals surface area (Å²) in [5.74, 6) is 0.0782. The topological polar surface area (TPSA) is 58.4 Å². The molecule has 0 radical (unpaired) electrons. The third kappa shape index (κ3) is 3.45. The van der Waals surface area contributed by atoms with Gasteiger partial charge in [0.25, 0.3) is 0 Å². The SMILES string of the molecule is CN(C)CCc1nccn1Cc1ccccc1C(=O)O. The summed E-state index contributed by atoms with van der Waals surface area (Å²) in [6, 6.07) is 7.08. The summed E-state index contributed by atoms with van der Waals surface area (Å²) in [7, 11) is 4.04. The van der Waals surface area contributed by atoms with Gasteiger partial charge in [0.15, 0.2) is 0 Å². The van der Waals surface area contributed by atoms with E-state index in [-0.39, 0.29) is 0 Å². The van der Waals surface area contributed by atoms with Gasteiger partial charge in [0.05, 0.1) is 5.56 Å². The zero-order valence-electron chi connectivity index (χ0n) is 11.8. The average molecular weight is 273 g/mol. The molecule has 20 heavy (non-hydrogen) atoms. The summed E-state index contributed by atoms with van der Waals surface area (Å²) in [6.45, 7) is 1.45. The van der Waals surface area contributed by atoms with Gasteiger partial charge in [-0.2, -0.15) is 0 Å². The van der Waals surface area contributed by atoms with Crippen molar-refractivity contribution in [2.75, 3.05) is 20.6 Å². The van der Waals surface area contributed by atoms with Gasteiger partial charge in [-0.15, -0.1) is 0 Å². The third-order valence-electron chi connectivity index (χ3n) is 3.17. The van der Waals surface area contributed by atoms with E-state index in [1.165, 1.54) is 0 Å². The molecule has 0 unspecified atom stereocenters. The van der Waals surface area contributed by atoms with E-state index in [0.29, 0.717) is 12.1 Å². The number of carboxylic acid groups (broad SMARTS) is 1. The van der Waals surface area contributed by atoms with Gasteiger partial charge in [-0.3, -0.25) is 0 Å². The first-order chi connectivity index (χ1) is 9.58. The second kappa shape index (κ2) is 6.34. The number of rotatable bonds is 6. The van der Waals surface area contributed by atoms with E-state index < -0.39 is 5.97 Å². The minimum absolute atomic E-state index is 0.347. The highest BCUT2D eigenvalue weighted by Crippen LogP contribution is 2.12. The maximum absolute atomic E-state index is 11.2. The molecule has 0 aliphatic heterocycles. The van der Waals surface area contributed by atoms with E-state index in [0.717, 1.165) is 24.4 Å². The molecule has 2 rings (SSSR count). The molecule has 0 aliphatic carbocycles. The molecule has 106 valence electrons. The molecule has 0 fully saturated rings. The fourth-order valence-electron chi connectivity index (χ4n) is 2.09. The maximum atomic E-state index is 11.2. The molecule has 1 N–H and O–H groups in total. The molecule has 0 atom stereocenters. The molecule has 0 spiro atoms. The van der Waals surface area contributed by atoms with Crippen LogP contribution in [0.4, 0.5) is 0 Å². The Morgan fingerprint density at radius 3 is 2.80 bits per heavy atom. The molecular formula is C15H19N3O2. The van der Waals surface area contributed by atoms with Crippen molar-refractivity contribution in [2.45, 2.75) is 13.0 Å². The summed E-state index contributed by atoms with van der Waals surface area (Å²) in [5, 5.41) is 9.21. The molecule has 0 bridgehead atoms. The minimum atomic E-state index is -0.893. The Morgan fingerprint density at radius 2 is 2.10 bits per heavy atom. The Bertz CT molecular complexity index is 590. The first kappa shape index (κ1) is 14.3. The Labute approximate surface area is 118 Å². The van der Waals surface area contributed by atoms with Crippen molar-refractivity contribution >= 4 is 5.97 Å². The smallest absolute Gasteiger partial charge is 0.336 e. The van der Waals surface area contributed by atoms with Gasteiger partial charge in [-0.1, -0.05) is 18.2 Å². The molecule has 1 heterocycles. The van der Waals surface area contributed by atoms with Crippen LogP contribution in [0.2, 0.25) is 0 Å². The average Bonchev–Trinajstić information content (AvgIpc) is 2.84. The number of aromatic nitrogens is 2. The number of benzene rings is 1. The number of carboxylic acids is 1. The highest BCUT2D eigenvalue weighted by Gasteiger charge is 2.11. The molecule has 0 amide bonds. The molecule has 0 aliphatic rings. The molecule has 5 heteroatoms. The fourth-order valence-corrected chi connectivity index (χ4v) is 2.09. The van der Waals surface area contributed by atoms with Gasteiger partial charge >= 0.3 is 5.97 Å². The lowest BCUT2D eigenvalue weighted by Gasteiger charge is -2.12. The van der Waals surface area contributed by atoms with Crippen LogP contribution in [0, 0.1) is 0 Å². The summed E-state index contributed by atoms with van der Waals surface area (Å²) in [6.07, 6.45) is 4.49. The van der Waals surface area contributed by atoms with Crippen LogP contribution in [0.3, 0.4) is 0 Å². The first-order valence-electron chi connectivity index (χ1n) is 6.54. The third-order valence-corrected chi connectivity index (χ3v) is 3.17. The van der Waals surface area contributed by atoms with Gasteiger partial charge < -0.3 is 14.6 Å². The minimum Gasteiger partial charge on any atom is -0.478 e. The predicted molar refractivity (Wildman–Crippen MR) is 77.0 cm³/mol. The Balaban J connectivity index is 2.19. The van der Waals surface area contributed by atoms with Gasteiger partial charge in [0.1, 0.15) is 5.82 Å². The zero-order valence-corrected chi connectivity index (χ0v) is 11.8. The van der Waals surface area contributed by atoms with Gasteiger partial charge in [0, 0.05) is 31.9 Å². The van der Waals surface area contributed by atoms with E-state index in [2.05, 4.69) is 9.88 Å². The van der Waals surface area contributed by atoms with Crippen molar-refractivity contribution < 1.29 is 9.90 Å². The lowest BCUT2D eigenvalue weighted by Crippen LogP contribution is -2.18. The van der Waals surface area contributed by atoms with Crippen molar-refractivity contribution in [2.24, 2.45) is 0 Å². The number of likely N-dealkylation sites (N-methyl/N-ethyl adjacent to an activating group) is 1. The number of nitrogens with zero attached hydrogens (tertiary/aromatic N) is 3. The molecule has 0 saturated carbocycles. The second-order valence-corrected chi connectivity index (χ2v) is 4.99. The largest absolute Gasteiger partial charge is 0.478 e.